The molecule has 4 aromatic carbocycles. The van der Waals surface area contributed by atoms with Crippen LogP contribution in [0, 0.1) is 0 Å². The van der Waals surface area contributed by atoms with Crippen molar-refractivity contribution in [2.24, 2.45) is 0 Å². The first-order chi connectivity index (χ1) is 16.5. The second kappa shape index (κ2) is 8.99. The Morgan fingerprint density at radius 3 is 1.38 bits per heavy atom. The minimum absolute atomic E-state index is 0.105. The van der Waals surface area contributed by atoms with Crippen molar-refractivity contribution >= 4 is 17.1 Å². The second-order valence-electron chi connectivity index (χ2n) is 9.29. The topological polar surface area (TPSA) is 42.2 Å². The molecule has 0 radical (unpaired) electrons. The second-order valence-corrected chi connectivity index (χ2v) is 9.29. The van der Waals surface area contributed by atoms with Gasteiger partial charge in [0.05, 0.1) is 0 Å². The van der Waals surface area contributed by atoms with Gasteiger partial charge >= 0.3 is 0 Å². The molecule has 0 aliphatic rings. The first kappa shape index (κ1) is 21.7. The number of nitrogens with zero attached hydrogens (tertiary/aromatic N) is 3. The standard InChI is InChI=1S/C30H27N3O/c1-30(2,3)24-18-14-22(15-19-24)28-31-32-29(34-28)23-16-20-27(21-17-23)33(25-10-6-4-7-11-25)26-12-8-5-9-13-26/h4-21H,1-3H3. The highest BCUT2D eigenvalue weighted by molar-refractivity contribution is 5.77. The van der Waals surface area contributed by atoms with Crippen molar-refractivity contribution in [3.63, 3.8) is 0 Å². The van der Waals surface area contributed by atoms with Crippen LogP contribution in [-0.4, -0.2) is 10.2 Å². The maximum Gasteiger partial charge on any atom is 0.248 e. The van der Waals surface area contributed by atoms with Gasteiger partial charge in [-0.25, -0.2) is 0 Å². The summed E-state index contributed by atoms with van der Waals surface area (Å²) in [7, 11) is 0. The SMILES string of the molecule is CC(C)(C)c1ccc(-c2nnc(-c3ccc(N(c4ccccc4)c4ccccc4)cc3)o2)cc1. The Kier molecular flexibility index (Phi) is 5.72. The normalized spacial score (nSPS) is 11.4. The maximum absolute atomic E-state index is 6.02. The van der Waals surface area contributed by atoms with Gasteiger partial charge < -0.3 is 9.32 Å². The lowest BCUT2D eigenvalue weighted by Gasteiger charge is -2.25. The largest absolute Gasteiger partial charge is 0.416 e. The van der Waals surface area contributed by atoms with Crippen LogP contribution >= 0.6 is 0 Å². The molecule has 168 valence electrons. The molecule has 1 heterocycles. The minimum Gasteiger partial charge on any atom is -0.416 e. The predicted molar refractivity (Wildman–Crippen MR) is 139 cm³/mol. The van der Waals surface area contributed by atoms with Crippen molar-refractivity contribution in [2.75, 3.05) is 4.90 Å². The van der Waals surface area contributed by atoms with Gasteiger partial charge in [0, 0.05) is 28.2 Å². The average molecular weight is 446 g/mol. The molecule has 0 unspecified atom stereocenters. The molecule has 0 amide bonds. The number of benzene rings is 4. The summed E-state index contributed by atoms with van der Waals surface area (Å²) in [5.41, 5.74) is 6.43. The van der Waals surface area contributed by atoms with Crippen LogP contribution in [0.4, 0.5) is 17.1 Å². The Morgan fingerprint density at radius 1 is 0.529 bits per heavy atom. The Morgan fingerprint density at radius 2 is 0.941 bits per heavy atom. The van der Waals surface area contributed by atoms with E-state index in [0.29, 0.717) is 11.8 Å². The number of anilines is 3. The van der Waals surface area contributed by atoms with Crippen LogP contribution in [-0.2, 0) is 5.41 Å². The summed E-state index contributed by atoms with van der Waals surface area (Å²) in [4.78, 5) is 2.22. The molecule has 0 spiro atoms. The van der Waals surface area contributed by atoms with Crippen molar-refractivity contribution in [1.82, 2.24) is 10.2 Å². The molecule has 1 aromatic heterocycles. The van der Waals surface area contributed by atoms with Crippen LogP contribution in [0.15, 0.2) is 114 Å². The Labute approximate surface area is 200 Å². The number of hydrogen-bond acceptors (Lipinski definition) is 4. The number of para-hydroxylation sites is 2. The van der Waals surface area contributed by atoms with E-state index in [1.165, 1.54) is 5.56 Å². The summed E-state index contributed by atoms with van der Waals surface area (Å²) in [5.74, 6) is 1.03. The van der Waals surface area contributed by atoms with Gasteiger partial charge in [0.15, 0.2) is 0 Å². The monoisotopic (exact) mass is 445 g/mol. The molecule has 0 saturated heterocycles. The molecule has 0 saturated carbocycles. The van der Waals surface area contributed by atoms with E-state index >= 15 is 0 Å². The highest BCUT2D eigenvalue weighted by atomic mass is 16.4. The van der Waals surface area contributed by atoms with Gasteiger partial charge in [0.25, 0.3) is 0 Å². The molecule has 0 fully saturated rings. The highest BCUT2D eigenvalue weighted by Gasteiger charge is 2.16. The molecule has 4 heteroatoms. The van der Waals surface area contributed by atoms with Gasteiger partial charge in [-0.1, -0.05) is 69.3 Å². The molecule has 0 N–H and O–H groups in total. The van der Waals surface area contributed by atoms with Gasteiger partial charge in [0.2, 0.25) is 11.8 Å². The van der Waals surface area contributed by atoms with Crippen molar-refractivity contribution in [3.05, 3.63) is 115 Å². The zero-order valence-electron chi connectivity index (χ0n) is 19.6. The molecule has 34 heavy (non-hydrogen) atoms. The first-order valence-electron chi connectivity index (χ1n) is 11.4. The number of aromatic nitrogens is 2. The summed E-state index contributed by atoms with van der Waals surface area (Å²) in [6.07, 6.45) is 0. The maximum atomic E-state index is 6.02. The number of rotatable bonds is 5. The molecule has 0 atom stereocenters. The van der Waals surface area contributed by atoms with Gasteiger partial charge in [-0.3, -0.25) is 0 Å². The highest BCUT2D eigenvalue weighted by Crippen LogP contribution is 2.35. The molecule has 5 rings (SSSR count). The van der Waals surface area contributed by atoms with Crippen molar-refractivity contribution < 1.29 is 4.42 Å². The quantitative estimate of drug-likeness (QED) is 0.274. The van der Waals surface area contributed by atoms with Crippen LogP contribution < -0.4 is 4.90 Å². The van der Waals surface area contributed by atoms with Crippen LogP contribution in [0.25, 0.3) is 22.9 Å². The third-order valence-corrected chi connectivity index (χ3v) is 5.82. The molecular weight excluding hydrogens is 418 g/mol. The van der Waals surface area contributed by atoms with E-state index in [0.717, 1.165) is 28.2 Å². The van der Waals surface area contributed by atoms with E-state index < -0.39 is 0 Å². The van der Waals surface area contributed by atoms with Crippen molar-refractivity contribution in [2.45, 2.75) is 26.2 Å². The van der Waals surface area contributed by atoms with E-state index in [1.54, 1.807) is 0 Å². The van der Waals surface area contributed by atoms with E-state index in [4.69, 9.17) is 4.42 Å². The fourth-order valence-electron chi connectivity index (χ4n) is 3.92. The summed E-state index contributed by atoms with van der Waals surface area (Å²) in [6.45, 7) is 6.60. The molecule has 0 aliphatic heterocycles. The smallest absolute Gasteiger partial charge is 0.248 e. The van der Waals surface area contributed by atoms with Gasteiger partial charge in [-0.2, -0.15) is 0 Å². The lowest BCUT2D eigenvalue weighted by Crippen LogP contribution is -2.10. The molecular formula is C30H27N3O. The fraction of sp³-hybridized carbons (Fsp3) is 0.133. The Bertz CT molecular complexity index is 1310. The van der Waals surface area contributed by atoms with Gasteiger partial charge in [-0.05, 0) is 71.6 Å². The summed E-state index contributed by atoms with van der Waals surface area (Å²) < 4.78 is 6.02. The third-order valence-electron chi connectivity index (χ3n) is 5.82. The first-order valence-corrected chi connectivity index (χ1v) is 11.4. The van der Waals surface area contributed by atoms with Crippen LogP contribution in [0.3, 0.4) is 0 Å². The molecule has 5 aromatic rings. The van der Waals surface area contributed by atoms with Gasteiger partial charge in [-0.15, -0.1) is 10.2 Å². The molecule has 4 nitrogen and oxygen atoms in total. The van der Waals surface area contributed by atoms with Crippen LogP contribution in [0.2, 0.25) is 0 Å². The van der Waals surface area contributed by atoms with Gasteiger partial charge in [0.1, 0.15) is 0 Å². The number of hydrogen-bond donors (Lipinski definition) is 0. The predicted octanol–water partition coefficient (Wildman–Crippen LogP) is 8.17. The van der Waals surface area contributed by atoms with Crippen molar-refractivity contribution in [3.8, 4) is 22.9 Å². The summed E-state index contributed by atoms with van der Waals surface area (Å²) in [5, 5.41) is 8.57. The zero-order chi connectivity index (χ0) is 23.5. The average Bonchev–Trinajstić information content (AvgIpc) is 3.36. The molecule has 0 bridgehead atoms. The van der Waals surface area contributed by atoms with E-state index in [2.05, 4.69) is 84.4 Å². The summed E-state index contributed by atoms with van der Waals surface area (Å²) in [6, 6.07) is 37.2. The lowest BCUT2D eigenvalue weighted by molar-refractivity contribution is 0.582. The van der Waals surface area contributed by atoms with E-state index in [9.17, 15) is 0 Å². The third kappa shape index (κ3) is 4.48. The van der Waals surface area contributed by atoms with E-state index in [-0.39, 0.29) is 5.41 Å². The van der Waals surface area contributed by atoms with Crippen LogP contribution in [0.5, 0.6) is 0 Å². The Hall–Kier alpha value is -4.18. The van der Waals surface area contributed by atoms with Crippen molar-refractivity contribution in [1.29, 1.82) is 0 Å². The zero-order valence-corrected chi connectivity index (χ0v) is 19.6. The Balaban J connectivity index is 1.43. The summed E-state index contributed by atoms with van der Waals surface area (Å²) >= 11 is 0. The lowest BCUT2D eigenvalue weighted by atomic mass is 9.87. The minimum atomic E-state index is 0.105. The molecule has 0 aliphatic carbocycles. The van der Waals surface area contributed by atoms with E-state index in [1.807, 2.05) is 60.7 Å². The fourth-order valence-corrected chi connectivity index (χ4v) is 3.92. The van der Waals surface area contributed by atoms with Crippen LogP contribution in [0.1, 0.15) is 26.3 Å².